The van der Waals surface area contributed by atoms with Crippen molar-refractivity contribution in [1.82, 2.24) is 25.2 Å². The standard InChI is InChI=1S/C26H25F2N5O2.C6H13N/c1-34-24-19-22(20(28)21(30-24)18-6-2-5-15-13-16(27)7-8-17(15)18)31-25(32-23(19)29)35-14-26-9-3-11-33(26)12-4-10-26;1-2-4-6-7-5-3-1/h2,5-8,13H,3-4,9-12,14H2,1H3,(H2,29,31,32);7H,1-6H2. The number of nitrogens with two attached hydrogens (primary N) is 1. The summed E-state index contributed by atoms with van der Waals surface area (Å²) in [6.45, 7) is 5.07. The molecule has 0 spiro atoms. The largest absolute Gasteiger partial charge is 0.480 e. The molecular weight excluding hydrogens is 538 g/mol. The van der Waals surface area contributed by atoms with Gasteiger partial charge in [0.1, 0.15) is 34.8 Å². The minimum absolute atomic E-state index is 0.00898. The van der Waals surface area contributed by atoms with Crippen LogP contribution in [0, 0.1) is 11.6 Å². The first-order chi connectivity index (χ1) is 20.5. The van der Waals surface area contributed by atoms with Gasteiger partial charge in [0.05, 0.1) is 12.6 Å². The number of halogens is 2. The van der Waals surface area contributed by atoms with E-state index in [0.717, 1.165) is 38.8 Å². The number of nitrogens with one attached hydrogen (secondary N) is 1. The smallest absolute Gasteiger partial charge is 0.319 e. The average molecular weight is 577 g/mol. The summed E-state index contributed by atoms with van der Waals surface area (Å²) in [5, 5.41) is 4.82. The molecule has 42 heavy (non-hydrogen) atoms. The number of aromatic nitrogens is 3. The molecule has 0 amide bonds. The van der Waals surface area contributed by atoms with Gasteiger partial charge in [-0.1, -0.05) is 37.1 Å². The first kappa shape index (κ1) is 28.5. The van der Waals surface area contributed by atoms with E-state index < -0.39 is 5.82 Å². The van der Waals surface area contributed by atoms with Crippen LogP contribution in [0.1, 0.15) is 51.4 Å². The van der Waals surface area contributed by atoms with Gasteiger partial charge in [0, 0.05) is 5.56 Å². The van der Waals surface area contributed by atoms with E-state index in [-0.39, 0.29) is 45.7 Å². The van der Waals surface area contributed by atoms with Crippen LogP contribution >= 0.6 is 0 Å². The van der Waals surface area contributed by atoms with E-state index in [1.165, 1.54) is 58.0 Å². The van der Waals surface area contributed by atoms with Crippen molar-refractivity contribution in [2.75, 3.05) is 45.6 Å². The van der Waals surface area contributed by atoms with E-state index in [1.807, 2.05) is 0 Å². The summed E-state index contributed by atoms with van der Waals surface area (Å²) in [6.07, 6.45) is 10.1. The first-order valence-electron chi connectivity index (χ1n) is 15.0. The van der Waals surface area contributed by atoms with Crippen LogP contribution in [0.5, 0.6) is 11.9 Å². The van der Waals surface area contributed by atoms with Gasteiger partial charge in [0.25, 0.3) is 0 Å². The highest BCUT2D eigenvalue weighted by atomic mass is 19.1. The third kappa shape index (κ3) is 5.57. The summed E-state index contributed by atoms with van der Waals surface area (Å²) < 4.78 is 41.2. The molecule has 0 aliphatic carbocycles. The molecule has 0 unspecified atom stereocenters. The van der Waals surface area contributed by atoms with Gasteiger partial charge < -0.3 is 20.5 Å². The predicted molar refractivity (Wildman–Crippen MR) is 161 cm³/mol. The van der Waals surface area contributed by atoms with E-state index in [9.17, 15) is 4.39 Å². The topological polar surface area (TPSA) is 98.4 Å². The molecule has 10 heteroatoms. The molecule has 3 N–H and O–H groups in total. The number of hydrogen-bond acceptors (Lipinski definition) is 8. The zero-order chi connectivity index (χ0) is 29.1. The van der Waals surface area contributed by atoms with Gasteiger partial charge in [-0.25, -0.2) is 13.8 Å². The van der Waals surface area contributed by atoms with Crippen LogP contribution in [0.4, 0.5) is 14.6 Å². The van der Waals surface area contributed by atoms with E-state index in [4.69, 9.17) is 15.2 Å². The summed E-state index contributed by atoms with van der Waals surface area (Å²) in [5.41, 5.74) is 6.71. The molecule has 222 valence electrons. The van der Waals surface area contributed by atoms with Gasteiger partial charge in [-0.15, -0.1) is 0 Å². The lowest BCUT2D eigenvalue weighted by atomic mass is 9.95. The lowest BCUT2D eigenvalue weighted by Gasteiger charge is -2.31. The molecule has 2 aromatic heterocycles. The van der Waals surface area contributed by atoms with Gasteiger partial charge in [-0.2, -0.15) is 9.97 Å². The van der Waals surface area contributed by atoms with Gasteiger partial charge in [0.15, 0.2) is 5.82 Å². The minimum atomic E-state index is -0.668. The molecule has 3 fully saturated rings. The van der Waals surface area contributed by atoms with Gasteiger partial charge in [-0.05, 0) is 87.6 Å². The second-order valence-corrected chi connectivity index (χ2v) is 11.4. The third-order valence-electron chi connectivity index (χ3n) is 8.79. The summed E-state index contributed by atoms with van der Waals surface area (Å²) >= 11 is 0. The molecule has 3 aliphatic heterocycles. The number of nitrogens with zero attached hydrogens (tertiary/aromatic N) is 4. The fourth-order valence-electron chi connectivity index (χ4n) is 6.64. The van der Waals surface area contributed by atoms with Crippen molar-refractivity contribution < 1.29 is 18.3 Å². The van der Waals surface area contributed by atoms with E-state index in [1.54, 1.807) is 24.3 Å². The number of methoxy groups -OCH3 is 1. The highest BCUT2D eigenvalue weighted by Gasteiger charge is 2.45. The molecule has 0 atom stereocenters. The van der Waals surface area contributed by atoms with Gasteiger partial charge in [0.2, 0.25) is 5.88 Å². The van der Waals surface area contributed by atoms with E-state index >= 15 is 4.39 Å². The average Bonchev–Trinajstić information content (AvgIpc) is 3.43. The molecule has 8 nitrogen and oxygen atoms in total. The zero-order valence-corrected chi connectivity index (χ0v) is 24.1. The fraction of sp³-hybridized carbons (Fsp3) is 0.469. The van der Waals surface area contributed by atoms with E-state index in [0.29, 0.717) is 22.9 Å². The number of benzene rings is 2. The Labute approximate surface area is 244 Å². The highest BCUT2D eigenvalue weighted by Crippen LogP contribution is 2.40. The summed E-state index contributed by atoms with van der Waals surface area (Å²) in [7, 11) is 1.43. The van der Waals surface area contributed by atoms with Gasteiger partial charge >= 0.3 is 6.01 Å². The molecule has 5 heterocycles. The summed E-state index contributed by atoms with van der Waals surface area (Å²) in [4.78, 5) is 15.6. The van der Waals surface area contributed by atoms with Crippen molar-refractivity contribution in [1.29, 1.82) is 0 Å². The molecule has 4 aromatic rings. The second kappa shape index (κ2) is 12.3. The van der Waals surface area contributed by atoms with Crippen LogP contribution in [0.25, 0.3) is 32.9 Å². The maximum atomic E-state index is 16.0. The number of hydrogen-bond donors (Lipinski definition) is 2. The predicted octanol–water partition coefficient (Wildman–Crippen LogP) is 5.87. The van der Waals surface area contributed by atoms with Crippen LogP contribution in [-0.4, -0.2) is 65.3 Å². The van der Waals surface area contributed by atoms with Crippen LogP contribution in [0.15, 0.2) is 36.4 Å². The Morgan fingerprint density at radius 1 is 0.952 bits per heavy atom. The highest BCUT2D eigenvalue weighted by molar-refractivity contribution is 6.00. The van der Waals surface area contributed by atoms with Crippen LogP contribution in [0.2, 0.25) is 0 Å². The van der Waals surface area contributed by atoms with E-state index in [2.05, 4.69) is 25.2 Å². The molecule has 3 aliphatic rings. The normalized spacial score (nSPS) is 18.4. The maximum Gasteiger partial charge on any atom is 0.319 e. The fourth-order valence-corrected chi connectivity index (χ4v) is 6.64. The molecule has 0 bridgehead atoms. The number of fused-ring (bicyclic) bond motifs is 3. The molecule has 3 saturated heterocycles. The molecular formula is C32H38F2N6O2. The number of nitrogen functional groups attached to an aromatic ring is 1. The monoisotopic (exact) mass is 576 g/mol. The van der Waals surface area contributed by atoms with Crippen molar-refractivity contribution in [2.45, 2.75) is 56.9 Å². The quantitative estimate of drug-likeness (QED) is 0.304. The number of pyridine rings is 1. The van der Waals surface area contributed by atoms with Crippen LogP contribution in [0.3, 0.4) is 0 Å². The molecule has 0 radical (unpaired) electrons. The Hall–Kier alpha value is -3.63. The minimum Gasteiger partial charge on any atom is -0.480 e. The Balaban J connectivity index is 0.000000397. The van der Waals surface area contributed by atoms with Crippen molar-refractivity contribution in [2.24, 2.45) is 0 Å². The van der Waals surface area contributed by atoms with Crippen molar-refractivity contribution >= 4 is 27.5 Å². The molecule has 0 saturated carbocycles. The number of anilines is 1. The number of ether oxygens (including phenoxy) is 2. The first-order valence-corrected chi connectivity index (χ1v) is 15.0. The van der Waals surface area contributed by atoms with Crippen molar-refractivity contribution in [3.05, 3.63) is 48.0 Å². The second-order valence-electron chi connectivity index (χ2n) is 11.4. The van der Waals surface area contributed by atoms with Crippen molar-refractivity contribution in [3.8, 4) is 23.1 Å². The SMILES string of the molecule is C1CCCNCC1.COc1nc(-c2cccc3cc(F)ccc23)c(F)c2nc(OCC34CCCN3CCC4)nc(N)c12. The van der Waals surface area contributed by atoms with Crippen LogP contribution < -0.4 is 20.5 Å². The Kier molecular flexibility index (Phi) is 8.35. The third-order valence-corrected chi connectivity index (χ3v) is 8.79. The Morgan fingerprint density at radius 2 is 1.71 bits per heavy atom. The maximum absolute atomic E-state index is 16.0. The molecule has 7 rings (SSSR count). The zero-order valence-electron chi connectivity index (χ0n) is 24.1. The lowest BCUT2D eigenvalue weighted by Crippen LogP contribution is -2.43. The van der Waals surface area contributed by atoms with Crippen LogP contribution in [-0.2, 0) is 0 Å². The summed E-state index contributed by atoms with van der Waals surface area (Å²) in [6, 6.07) is 9.59. The molecule has 2 aromatic carbocycles. The van der Waals surface area contributed by atoms with Gasteiger partial charge in [-0.3, -0.25) is 4.90 Å². The Bertz CT molecular complexity index is 1550. The Morgan fingerprint density at radius 3 is 2.45 bits per heavy atom. The lowest BCUT2D eigenvalue weighted by molar-refractivity contribution is 0.108. The number of rotatable bonds is 5. The summed E-state index contributed by atoms with van der Waals surface area (Å²) in [5.74, 6) is -0.898. The van der Waals surface area contributed by atoms with Crippen molar-refractivity contribution in [3.63, 3.8) is 0 Å².